The highest BCUT2D eigenvalue weighted by Crippen LogP contribution is 2.25. The molecule has 9 heteroatoms. The van der Waals surface area contributed by atoms with Gasteiger partial charge in [-0.25, -0.2) is 9.97 Å². The zero-order valence-electron chi connectivity index (χ0n) is 13.5. The zero-order valence-corrected chi connectivity index (χ0v) is 16.0. The second-order valence-corrected chi connectivity index (χ2v) is 7.98. The number of aromatic nitrogens is 4. The molecular weight excluding hydrogens is 350 g/mol. The topological polar surface area (TPSA) is 80.7 Å². The first-order chi connectivity index (χ1) is 11.0. The van der Waals surface area contributed by atoms with Crippen LogP contribution < -0.4 is 5.32 Å². The van der Waals surface area contributed by atoms with Gasteiger partial charge in [0.05, 0.1) is 0 Å². The number of hydrogen-bond donors (Lipinski definition) is 1. The maximum absolute atomic E-state index is 12.1. The summed E-state index contributed by atoms with van der Waals surface area (Å²) in [5.41, 5.74) is 2.91. The largest absolute Gasteiger partial charge is 0.300 e. The summed E-state index contributed by atoms with van der Waals surface area (Å²) >= 11 is 4.54. The van der Waals surface area contributed by atoms with E-state index in [9.17, 15) is 4.79 Å². The maximum atomic E-state index is 12.1. The molecule has 0 fully saturated rings. The Morgan fingerprint density at radius 1 is 1.22 bits per heavy atom. The number of nitrogens with zero attached hydrogens (tertiary/aromatic N) is 4. The van der Waals surface area contributed by atoms with Gasteiger partial charge in [-0.05, 0) is 37.8 Å². The number of nitrogens with one attached hydrogen (secondary N) is 1. The van der Waals surface area contributed by atoms with E-state index in [1.54, 1.807) is 11.8 Å². The van der Waals surface area contributed by atoms with Crippen molar-refractivity contribution in [1.29, 1.82) is 0 Å². The van der Waals surface area contributed by atoms with E-state index < -0.39 is 0 Å². The van der Waals surface area contributed by atoms with Gasteiger partial charge in [-0.15, -0.1) is 10.2 Å². The van der Waals surface area contributed by atoms with Gasteiger partial charge in [0, 0.05) is 17.8 Å². The molecule has 2 rings (SSSR count). The minimum atomic E-state index is -0.0676. The monoisotopic (exact) mass is 369 g/mol. The van der Waals surface area contributed by atoms with Crippen molar-refractivity contribution in [1.82, 2.24) is 20.2 Å². The fourth-order valence-corrected chi connectivity index (χ4v) is 4.15. The molecule has 0 unspecified atom stereocenters. The molecule has 0 bridgehead atoms. The van der Waals surface area contributed by atoms with Crippen LogP contribution in [0.3, 0.4) is 0 Å². The number of rotatable bonds is 7. The van der Waals surface area contributed by atoms with Crippen molar-refractivity contribution >= 4 is 45.9 Å². The first-order valence-electron chi connectivity index (χ1n) is 7.17. The molecule has 0 radical (unpaired) electrons. The Morgan fingerprint density at radius 2 is 1.91 bits per heavy atom. The fourth-order valence-electron chi connectivity index (χ4n) is 2.02. The summed E-state index contributed by atoms with van der Waals surface area (Å²) in [4.78, 5) is 20.9. The standard InChI is InChI=1S/C14H19N5OS3/c1-5-22-14-19-18-13(23-14)17-11(20)7-6-10-8(2)15-12(21-4)16-9(10)3/h5-7H2,1-4H3,(H,17,18,20). The van der Waals surface area contributed by atoms with Crippen molar-refractivity contribution in [2.75, 3.05) is 17.3 Å². The fraction of sp³-hybridized carbons (Fsp3) is 0.500. The van der Waals surface area contributed by atoms with Crippen molar-refractivity contribution in [2.45, 2.75) is 43.1 Å². The predicted octanol–water partition coefficient (Wildman–Crippen LogP) is 3.35. The Bertz CT molecular complexity index is 666. The number of amides is 1. The smallest absolute Gasteiger partial charge is 0.226 e. The summed E-state index contributed by atoms with van der Waals surface area (Å²) < 4.78 is 0.871. The average Bonchev–Trinajstić information content (AvgIpc) is 2.93. The summed E-state index contributed by atoms with van der Waals surface area (Å²) in [6.07, 6.45) is 2.95. The van der Waals surface area contributed by atoms with E-state index in [4.69, 9.17) is 0 Å². The van der Waals surface area contributed by atoms with Gasteiger partial charge in [0.25, 0.3) is 0 Å². The van der Waals surface area contributed by atoms with Crippen molar-refractivity contribution in [3.05, 3.63) is 17.0 Å². The summed E-state index contributed by atoms with van der Waals surface area (Å²) in [5.74, 6) is 0.870. The van der Waals surface area contributed by atoms with Crippen LogP contribution in [0.15, 0.2) is 9.50 Å². The van der Waals surface area contributed by atoms with E-state index in [1.165, 1.54) is 23.1 Å². The van der Waals surface area contributed by atoms with Gasteiger partial charge >= 0.3 is 0 Å². The Hall–Kier alpha value is -1.19. The van der Waals surface area contributed by atoms with E-state index >= 15 is 0 Å². The van der Waals surface area contributed by atoms with Crippen molar-refractivity contribution in [3.63, 3.8) is 0 Å². The van der Waals surface area contributed by atoms with Gasteiger partial charge < -0.3 is 5.32 Å². The molecular formula is C14H19N5OS3. The van der Waals surface area contributed by atoms with Crippen LogP contribution in [-0.4, -0.2) is 38.1 Å². The highest BCUT2D eigenvalue weighted by Gasteiger charge is 2.12. The number of aryl methyl sites for hydroxylation is 2. The third-order valence-corrected chi connectivity index (χ3v) is 5.51. The van der Waals surface area contributed by atoms with E-state index in [2.05, 4.69) is 32.4 Å². The molecule has 0 aliphatic rings. The van der Waals surface area contributed by atoms with Crippen LogP contribution >= 0.6 is 34.9 Å². The van der Waals surface area contributed by atoms with Crippen molar-refractivity contribution < 1.29 is 4.79 Å². The van der Waals surface area contributed by atoms with Crippen LogP contribution in [0.5, 0.6) is 0 Å². The lowest BCUT2D eigenvalue weighted by atomic mass is 10.1. The van der Waals surface area contributed by atoms with Gasteiger partial charge in [-0.3, -0.25) is 4.79 Å². The highest BCUT2D eigenvalue weighted by molar-refractivity contribution is 8.01. The molecule has 2 heterocycles. The molecule has 124 valence electrons. The number of thioether (sulfide) groups is 2. The molecule has 0 spiro atoms. The number of carbonyl (C=O) groups is 1. The number of carbonyl (C=O) groups excluding carboxylic acids is 1. The van der Waals surface area contributed by atoms with E-state index in [-0.39, 0.29) is 5.91 Å². The van der Waals surface area contributed by atoms with Gasteiger partial charge in [0.15, 0.2) is 9.50 Å². The molecule has 23 heavy (non-hydrogen) atoms. The van der Waals surface area contributed by atoms with E-state index in [0.29, 0.717) is 18.0 Å². The summed E-state index contributed by atoms with van der Waals surface area (Å²) in [7, 11) is 0. The molecule has 0 aliphatic heterocycles. The Balaban J connectivity index is 1.93. The number of anilines is 1. The van der Waals surface area contributed by atoms with E-state index in [1.807, 2.05) is 20.1 Å². The average molecular weight is 370 g/mol. The lowest BCUT2D eigenvalue weighted by Gasteiger charge is -2.09. The summed E-state index contributed by atoms with van der Waals surface area (Å²) in [6, 6.07) is 0. The molecule has 1 N–H and O–H groups in total. The Morgan fingerprint density at radius 3 is 2.52 bits per heavy atom. The quantitative estimate of drug-likeness (QED) is 0.455. The van der Waals surface area contributed by atoms with Crippen LogP contribution in [0.1, 0.15) is 30.3 Å². The molecule has 6 nitrogen and oxygen atoms in total. The summed E-state index contributed by atoms with van der Waals surface area (Å²) in [6.45, 7) is 5.97. The van der Waals surface area contributed by atoms with Crippen LogP contribution in [0.4, 0.5) is 5.13 Å². The van der Waals surface area contributed by atoms with Crippen molar-refractivity contribution in [3.8, 4) is 0 Å². The second kappa shape index (κ2) is 8.60. The molecule has 0 saturated heterocycles. The molecule has 0 aromatic carbocycles. The maximum Gasteiger partial charge on any atom is 0.226 e. The first kappa shape index (κ1) is 18.2. The predicted molar refractivity (Wildman–Crippen MR) is 96.5 cm³/mol. The Labute approximate surface area is 148 Å². The summed E-state index contributed by atoms with van der Waals surface area (Å²) in [5, 5.41) is 12.1. The van der Waals surface area contributed by atoms with Gasteiger partial charge in [0.2, 0.25) is 11.0 Å². The third kappa shape index (κ3) is 5.15. The van der Waals surface area contributed by atoms with E-state index in [0.717, 1.165) is 32.2 Å². The van der Waals surface area contributed by atoms with Crippen molar-refractivity contribution in [2.24, 2.45) is 0 Å². The normalized spacial score (nSPS) is 10.8. The van der Waals surface area contributed by atoms with Gasteiger partial charge in [-0.2, -0.15) is 0 Å². The minimum Gasteiger partial charge on any atom is -0.300 e. The van der Waals surface area contributed by atoms with Crippen LogP contribution in [-0.2, 0) is 11.2 Å². The first-order valence-corrected chi connectivity index (χ1v) is 10.2. The van der Waals surface area contributed by atoms with Crippen LogP contribution in [0.2, 0.25) is 0 Å². The second-order valence-electron chi connectivity index (χ2n) is 4.71. The molecule has 1 amide bonds. The minimum absolute atomic E-state index is 0.0676. The SMILES string of the molecule is CCSc1nnc(NC(=O)CCc2c(C)nc(SC)nc2C)s1. The number of hydrogen-bond acceptors (Lipinski definition) is 8. The van der Waals surface area contributed by atoms with Crippen LogP contribution in [0, 0.1) is 13.8 Å². The molecule has 2 aromatic rings. The lowest BCUT2D eigenvalue weighted by Crippen LogP contribution is -2.13. The molecule has 0 saturated carbocycles. The molecule has 0 atom stereocenters. The van der Waals surface area contributed by atoms with Gasteiger partial charge in [0.1, 0.15) is 0 Å². The lowest BCUT2D eigenvalue weighted by molar-refractivity contribution is -0.116. The van der Waals surface area contributed by atoms with Crippen LogP contribution in [0.25, 0.3) is 0 Å². The van der Waals surface area contributed by atoms with Gasteiger partial charge in [-0.1, -0.05) is 41.8 Å². The molecule has 2 aromatic heterocycles. The Kier molecular flexibility index (Phi) is 6.79. The zero-order chi connectivity index (χ0) is 16.8. The highest BCUT2D eigenvalue weighted by atomic mass is 32.2. The molecule has 0 aliphatic carbocycles. The third-order valence-electron chi connectivity index (χ3n) is 3.11.